The van der Waals surface area contributed by atoms with Crippen LogP contribution in [0.4, 0.5) is 0 Å². The van der Waals surface area contributed by atoms with E-state index in [9.17, 15) is 0 Å². The molecule has 2 rings (SSSR count). The van der Waals surface area contributed by atoms with Gasteiger partial charge in [-0.1, -0.05) is 12.1 Å². The van der Waals surface area contributed by atoms with Gasteiger partial charge in [0.25, 0.3) is 0 Å². The van der Waals surface area contributed by atoms with E-state index in [1.54, 1.807) is 7.11 Å². The van der Waals surface area contributed by atoms with Crippen molar-refractivity contribution in [3.05, 3.63) is 29.3 Å². The van der Waals surface area contributed by atoms with Gasteiger partial charge in [0, 0.05) is 19.1 Å². The number of methoxy groups -OCH3 is 1. The second-order valence-electron chi connectivity index (χ2n) is 4.42. The number of ether oxygens (including phenoxy) is 1. The lowest BCUT2D eigenvalue weighted by Crippen LogP contribution is -2.39. The molecule has 1 aromatic rings. The van der Waals surface area contributed by atoms with Crippen LogP contribution in [0.15, 0.2) is 18.2 Å². The van der Waals surface area contributed by atoms with Crippen molar-refractivity contribution in [1.82, 2.24) is 4.90 Å². The molecule has 0 radical (unpaired) electrons. The van der Waals surface area contributed by atoms with Crippen LogP contribution < -0.4 is 10.5 Å². The molecule has 1 aliphatic heterocycles. The first-order valence-electron chi connectivity index (χ1n) is 5.81. The predicted molar refractivity (Wildman–Crippen MR) is 65.9 cm³/mol. The second-order valence-corrected chi connectivity index (χ2v) is 4.42. The highest BCUT2D eigenvalue weighted by Gasteiger charge is 2.21. The maximum absolute atomic E-state index is 5.82. The van der Waals surface area contributed by atoms with Gasteiger partial charge in [-0.05, 0) is 37.1 Å². The van der Waals surface area contributed by atoms with Crippen LogP contribution in [0.5, 0.6) is 5.75 Å². The van der Waals surface area contributed by atoms with E-state index in [4.69, 9.17) is 10.5 Å². The zero-order valence-electron chi connectivity index (χ0n) is 10.1. The molecule has 1 atom stereocenters. The Balaban J connectivity index is 2.34. The quantitative estimate of drug-likeness (QED) is 0.809. The molecule has 0 saturated carbocycles. The van der Waals surface area contributed by atoms with Crippen molar-refractivity contribution in [2.45, 2.75) is 18.9 Å². The zero-order valence-corrected chi connectivity index (χ0v) is 10.1. The van der Waals surface area contributed by atoms with Crippen LogP contribution >= 0.6 is 0 Å². The Morgan fingerprint density at radius 3 is 3.00 bits per heavy atom. The molecule has 0 saturated heterocycles. The molecule has 1 aliphatic rings. The molecule has 0 spiro atoms. The topological polar surface area (TPSA) is 38.5 Å². The highest BCUT2D eigenvalue weighted by atomic mass is 16.5. The zero-order chi connectivity index (χ0) is 11.5. The van der Waals surface area contributed by atoms with Crippen LogP contribution in [0.1, 0.15) is 11.1 Å². The summed E-state index contributed by atoms with van der Waals surface area (Å²) in [6, 6.07) is 6.76. The Bertz CT molecular complexity index is 365. The van der Waals surface area contributed by atoms with Crippen LogP contribution in [-0.2, 0) is 12.8 Å². The first-order chi connectivity index (χ1) is 7.76. The SMILES string of the molecule is COc1cccc2c1CCN(C)C(CN)C2. The largest absolute Gasteiger partial charge is 0.496 e. The van der Waals surface area contributed by atoms with Gasteiger partial charge in [-0.25, -0.2) is 0 Å². The fraction of sp³-hybridized carbons (Fsp3) is 0.538. The van der Waals surface area contributed by atoms with Crippen LogP contribution in [0.2, 0.25) is 0 Å². The van der Waals surface area contributed by atoms with Gasteiger partial charge in [-0.3, -0.25) is 0 Å². The fourth-order valence-electron chi connectivity index (χ4n) is 2.42. The standard InChI is InChI=1S/C13H20N2O/c1-15-7-6-12-10(8-11(15)9-14)4-3-5-13(12)16-2/h3-5,11H,6-9,14H2,1-2H3. The summed E-state index contributed by atoms with van der Waals surface area (Å²) in [5.74, 6) is 1.02. The molecule has 3 heteroatoms. The minimum Gasteiger partial charge on any atom is -0.496 e. The van der Waals surface area contributed by atoms with Gasteiger partial charge in [-0.2, -0.15) is 0 Å². The third-order valence-electron chi connectivity index (χ3n) is 3.52. The summed E-state index contributed by atoms with van der Waals surface area (Å²) >= 11 is 0. The van der Waals surface area contributed by atoms with Crippen molar-refractivity contribution < 1.29 is 4.74 Å². The molecule has 1 unspecified atom stereocenters. The van der Waals surface area contributed by atoms with E-state index in [1.165, 1.54) is 11.1 Å². The van der Waals surface area contributed by atoms with Gasteiger partial charge in [0.1, 0.15) is 5.75 Å². The van der Waals surface area contributed by atoms with E-state index in [0.717, 1.165) is 25.1 Å². The van der Waals surface area contributed by atoms with E-state index in [2.05, 4.69) is 24.1 Å². The van der Waals surface area contributed by atoms with Gasteiger partial charge in [0.2, 0.25) is 0 Å². The summed E-state index contributed by atoms with van der Waals surface area (Å²) in [7, 11) is 3.89. The number of nitrogens with two attached hydrogens (primary N) is 1. The Morgan fingerprint density at radius 1 is 1.50 bits per heavy atom. The number of benzene rings is 1. The monoisotopic (exact) mass is 220 g/mol. The maximum Gasteiger partial charge on any atom is 0.122 e. The molecule has 3 nitrogen and oxygen atoms in total. The number of nitrogens with zero attached hydrogens (tertiary/aromatic N) is 1. The first-order valence-corrected chi connectivity index (χ1v) is 5.81. The van der Waals surface area contributed by atoms with Crippen molar-refractivity contribution >= 4 is 0 Å². The van der Waals surface area contributed by atoms with Gasteiger partial charge in [0.15, 0.2) is 0 Å². The van der Waals surface area contributed by atoms with Gasteiger partial charge < -0.3 is 15.4 Å². The molecule has 0 aliphatic carbocycles. The Labute approximate surface area is 97.2 Å². The number of rotatable bonds is 2. The molecule has 16 heavy (non-hydrogen) atoms. The minimum absolute atomic E-state index is 0.452. The van der Waals surface area contributed by atoms with Crippen molar-refractivity contribution in [3.8, 4) is 5.75 Å². The van der Waals surface area contributed by atoms with Crippen LogP contribution in [0.3, 0.4) is 0 Å². The Morgan fingerprint density at radius 2 is 2.31 bits per heavy atom. The van der Waals surface area contributed by atoms with Crippen LogP contribution in [0, 0.1) is 0 Å². The molecular weight excluding hydrogens is 200 g/mol. The Kier molecular flexibility index (Phi) is 3.46. The summed E-state index contributed by atoms with van der Waals surface area (Å²) in [4.78, 5) is 2.35. The summed E-state index contributed by atoms with van der Waals surface area (Å²) in [5, 5.41) is 0. The normalized spacial score (nSPS) is 21.3. The second kappa shape index (κ2) is 4.85. The lowest BCUT2D eigenvalue weighted by molar-refractivity contribution is 0.256. The molecule has 0 bridgehead atoms. The number of likely N-dealkylation sites (N-methyl/N-ethyl adjacent to an activating group) is 1. The lowest BCUT2D eigenvalue weighted by Gasteiger charge is -2.23. The van der Waals surface area contributed by atoms with Crippen molar-refractivity contribution in [2.75, 3.05) is 27.2 Å². The summed E-state index contributed by atoms with van der Waals surface area (Å²) in [6.45, 7) is 1.77. The molecule has 1 aromatic carbocycles. The first kappa shape index (κ1) is 11.4. The minimum atomic E-state index is 0.452. The summed E-state index contributed by atoms with van der Waals surface area (Å²) in [5.41, 5.74) is 8.56. The lowest BCUT2D eigenvalue weighted by atomic mass is 9.99. The summed E-state index contributed by atoms with van der Waals surface area (Å²) < 4.78 is 5.42. The van der Waals surface area contributed by atoms with Crippen molar-refractivity contribution in [2.24, 2.45) is 5.73 Å². The highest BCUT2D eigenvalue weighted by Crippen LogP contribution is 2.27. The van der Waals surface area contributed by atoms with Crippen LogP contribution in [0.25, 0.3) is 0 Å². The average Bonchev–Trinajstić information content (AvgIpc) is 2.48. The van der Waals surface area contributed by atoms with Crippen molar-refractivity contribution in [1.29, 1.82) is 0 Å². The van der Waals surface area contributed by atoms with Crippen LogP contribution in [-0.4, -0.2) is 38.2 Å². The van der Waals surface area contributed by atoms with E-state index < -0.39 is 0 Å². The molecule has 88 valence electrons. The third-order valence-corrected chi connectivity index (χ3v) is 3.52. The number of fused-ring (bicyclic) bond motifs is 1. The fourth-order valence-corrected chi connectivity index (χ4v) is 2.42. The highest BCUT2D eigenvalue weighted by molar-refractivity contribution is 5.41. The van der Waals surface area contributed by atoms with E-state index in [-0.39, 0.29) is 0 Å². The van der Waals surface area contributed by atoms with Crippen molar-refractivity contribution in [3.63, 3.8) is 0 Å². The average molecular weight is 220 g/mol. The van der Waals surface area contributed by atoms with Gasteiger partial charge >= 0.3 is 0 Å². The molecule has 1 heterocycles. The van der Waals surface area contributed by atoms with E-state index in [0.29, 0.717) is 12.6 Å². The molecular formula is C13H20N2O. The molecule has 0 aromatic heterocycles. The van der Waals surface area contributed by atoms with Gasteiger partial charge in [-0.15, -0.1) is 0 Å². The molecule has 0 fully saturated rings. The molecule has 2 N–H and O–H groups in total. The predicted octanol–water partition coefficient (Wildman–Crippen LogP) is 1.05. The number of hydrogen-bond acceptors (Lipinski definition) is 3. The van der Waals surface area contributed by atoms with Gasteiger partial charge in [0.05, 0.1) is 7.11 Å². The third kappa shape index (κ3) is 2.06. The summed E-state index contributed by atoms with van der Waals surface area (Å²) in [6.07, 6.45) is 2.08. The van der Waals surface area contributed by atoms with E-state index in [1.807, 2.05) is 6.07 Å². The molecule has 0 amide bonds. The van der Waals surface area contributed by atoms with E-state index >= 15 is 0 Å². The Hall–Kier alpha value is -1.06. The smallest absolute Gasteiger partial charge is 0.122 e. The number of hydrogen-bond donors (Lipinski definition) is 1. The maximum atomic E-state index is 5.82.